The lowest BCUT2D eigenvalue weighted by molar-refractivity contribution is -0.122. The fraction of sp³-hybridized carbons (Fsp3) is 0.300. The van der Waals surface area contributed by atoms with Crippen LogP contribution in [-0.4, -0.2) is 27.8 Å². The van der Waals surface area contributed by atoms with Crippen molar-refractivity contribution < 1.29 is 9.59 Å². The Hall–Kier alpha value is -3.13. The summed E-state index contributed by atoms with van der Waals surface area (Å²) < 4.78 is 0. The molecule has 1 aliphatic carbocycles. The van der Waals surface area contributed by atoms with Crippen LogP contribution in [0.5, 0.6) is 0 Å². The number of nitrogens with two attached hydrogens (primary N) is 1. The third-order valence-corrected chi connectivity index (χ3v) is 5.11. The zero-order valence-corrected chi connectivity index (χ0v) is 16.6. The van der Waals surface area contributed by atoms with E-state index in [9.17, 15) is 9.59 Å². The SMILES string of the molecule is C=CC(=O)Nc1ccccc1Nc1nc(N[C@H]2CC[C@H](C(N)=O)CC2)ncc1Cl. The summed E-state index contributed by atoms with van der Waals surface area (Å²) >= 11 is 6.26. The molecule has 0 radical (unpaired) electrons. The van der Waals surface area contributed by atoms with Crippen molar-refractivity contribution in [1.82, 2.24) is 9.97 Å². The number of carbonyl (C=O) groups is 2. The molecular weight excluding hydrogens is 392 g/mol. The van der Waals surface area contributed by atoms with E-state index < -0.39 is 0 Å². The maximum Gasteiger partial charge on any atom is 0.247 e. The van der Waals surface area contributed by atoms with E-state index in [1.165, 1.54) is 12.3 Å². The smallest absolute Gasteiger partial charge is 0.247 e. The van der Waals surface area contributed by atoms with Crippen molar-refractivity contribution in [2.45, 2.75) is 31.7 Å². The molecule has 5 N–H and O–H groups in total. The summed E-state index contributed by atoms with van der Waals surface area (Å²) in [4.78, 5) is 31.7. The lowest BCUT2D eigenvalue weighted by atomic mass is 9.86. The van der Waals surface area contributed by atoms with Crippen LogP contribution in [0.25, 0.3) is 0 Å². The van der Waals surface area contributed by atoms with Crippen molar-refractivity contribution in [2.75, 3.05) is 16.0 Å². The summed E-state index contributed by atoms with van der Waals surface area (Å²) in [6.07, 6.45) is 5.85. The fourth-order valence-electron chi connectivity index (χ4n) is 3.24. The van der Waals surface area contributed by atoms with Crippen LogP contribution in [0.2, 0.25) is 5.02 Å². The van der Waals surface area contributed by atoms with Crippen molar-refractivity contribution >= 4 is 46.6 Å². The van der Waals surface area contributed by atoms with Crippen molar-refractivity contribution in [3.63, 3.8) is 0 Å². The van der Waals surface area contributed by atoms with Crippen molar-refractivity contribution in [1.29, 1.82) is 0 Å². The van der Waals surface area contributed by atoms with Gasteiger partial charge in [-0.15, -0.1) is 0 Å². The minimum Gasteiger partial charge on any atom is -0.369 e. The molecule has 1 fully saturated rings. The highest BCUT2D eigenvalue weighted by molar-refractivity contribution is 6.33. The summed E-state index contributed by atoms with van der Waals surface area (Å²) in [5.41, 5.74) is 6.60. The number of rotatable bonds is 7. The summed E-state index contributed by atoms with van der Waals surface area (Å²) in [7, 11) is 0. The van der Waals surface area contributed by atoms with E-state index in [0.29, 0.717) is 28.2 Å². The van der Waals surface area contributed by atoms with Gasteiger partial charge in [-0.25, -0.2) is 4.98 Å². The first-order valence-electron chi connectivity index (χ1n) is 9.34. The van der Waals surface area contributed by atoms with E-state index in [1.54, 1.807) is 18.2 Å². The van der Waals surface area contributed by atoms with E-state index in [1.807, 2.05) is 6.07 Å². The van der Waals surface area contributed by atoms with Crippen LogP contribution >= 0.6 is 11.6 Å². The Morgan fingerprint density at radius 3 is 2.52 bits per heavy atom. The maximum absolute atomic E-state index is 11.6. The highest BCUT2D eigenvalue weighted by Gasteiger charge is 2.25. The number of carbonyl (C=O) groups excluding carboxylic acids is 2. The second-order valence-corrected chi connectivity index (χ2v) is 7.26. The number of hydrogen-bond acceptors (Lipinski definition) is 6. The van der Waals surface area contributed by atoms with Gasteiger partial charge in [0.15, 0.2) is 5.82 Å². The highest BCUT2D eigenvalue weighted by Crippen LogP contribution is 2.30. The molecule has 0 aliphatic heterocycles. The topological polar surface area (TPSA) is 122 Å². The Kier molecular flexibility index (Phi) is 6.66. The van der Waals surface area contributed by atoms with Crippen LogP contribution in [0.15, 0.2) is 43.1 Å². The van der Waals surface area contributed by atoms with E-state index >= 15 is 0 Å². The van der Waals surface area contributed by atoms with Gasteiger partial charge in [0.25, 0.3) is 0 Å². The number of hydrogen-bond donors (Lipinski definition) is 4. The van der Waals surface area contributed by atoms with Crippen LogP contribution in [0.3, 0.4) is 0 Å². The Labute approximate surface area is 173 Å². The number of aromatic nitrogens is 2. The highest BCUT2D eigenvalue weighted by atomic mass is 35.5. The molecule has 0 atom stereocenters. The van der Waals surface area contributed by atoms with Gasteiger partial charge in [-0.1, -0.05) is 30.3 Å². The van der Waals surface area contributed by atoms with Gasteiger partial charge in [-0.2, -0.15) is 4.98 Å². The molecule has 152 valence electrons. The molecular formula is C20H23ClN6O2. The molecule has 3 rings (SSSR count). The monoisotopic (exact) mass is 414 g/mol. The molecule has 0 spiro atoms. The average molecular weight is 415 g/mol. The average Bonchev–Trinajstić information content (AvgIpc) is 2.72. The van der Waals surface area contributed by atoms with Gasteiger partial charge in [0.1, 0.15) is 5.02 Å². The van der Waals surface area contributed by atoms with Crippen LogP contribution in [-0.2, 0) is 9.59 Å². The quantitative estimate of drug-likeness (QED) is 0.514. The first kappa shape index (κ1) is 20.6. The molecule has 2 amide bonds. The molecule has 29 heavy (non-hydrogen) atoms. The largest absolute Gasteiger partial charge is 0.369 e. The third-order valence-electron chi connectivity index (χ3n) is 4.83. The number of benzene rings is 1. The number of nitrogens with zero attached hydrogens (tertiary/aromatic N) is 2. The van der Waals surface area contributed by atoms with Gasteiger partial charge in [-0.3, -0.25) is 9.59 Å². The number of anilines is 4. The summed E-state index contributed by atoms with van der Waals surface area (Å²) in [6, 6.07) is 7.36. The summed E-state index contributed by atoms with van der Waals surface area (Å²) in [5.74, 6) is 0.239. The van der Waals surface area contributed by atoms with Gasteiger partial charge in [0, 0.05) is 12.0 Å². The summed E-state index contributed by atoms with van der Waals surface area (Å²) in [6.45, 7) is 3.46. The van der Waals surface area contributed by atoms with Gasteiger partial charge >= 0.3 is 0 Å². The predicted octanol–water partition coefficient (Wildman–Crippen LogP) is 3.45. The third kappa shape index (κ3) is 5.45. The Balaban J connectivity index is 1.71. The fourth-order valence-corrected chi connectivity index (χ4v) is 3.38. The lowest BCUT2D eigenvalue weighted by Crippen LogP contribution is -2.32. The second-order valence-electron chi connectivity index (χ2n) is 6.85. The molecule has 2 aromatic rings. The van der Waals surface area contributed by atoms with E-state index in [0.717, 1.165) is 25.7 Å². The van der Waals surface area contributed by atoms with E-state index in [2.05, 4.69) is 32.5 Å². The molecule has 9 heteroatoms. The first-order valence-corrected chi connectivity index (χ1v) is 9.72. The van der Waals surface area contributed by atoms with Crippen molar-refractivity contribution in [2.24, 2.45) is 11.7 Å². The van der Waals surface area contributed by atoms with Crippen LogP contribution in [0.1, 0.15) is 25.7 Å². The van der Waals surface area contributed by atoms with Gasteiger partial charge in [-0.05, 0) is 43.9 Å². The number of nitrogens with one attached hydrogen (secondary N) is 3. The summed E-state index contributed by atoms with van der Waals surface area (Å²) in [5, 5.41) is 9.51. The van der Waals surface area contributed by atoms with E-state index in [4.69, 9.17) is 17.3 Å². The Bertz CT molecular complexity index is 912. The molecule has 1 heterocycles. The standard InChI is InChI=1S/C20H23ClN6O2/c1-2-17(28)25-15-5-3-4-6-16(15)26-19-14(21)11-23-20(27-19)24-13-9-7-12(8-10-13)18(22)29/h2-6,11-13H,1,7-10H2,(H2,22,29)(H,25,28)(H2,23,24,26,27)/t12-,13-. The first-order chi connectivity index (χ1) is 14.0. The maximum atomic E-state index is 11.6. The number of amides is 2. The normalized spacial score (nSPS) is 18.5. The molecule has 1 aromatic heterocycles. The van der Waals surface area contributed by atoms with Gasteiger partial charge in [0.2, 0.25) is 17.8 Å². The van der Waals surface area contributed by atoms with Crippen molar-refractivity contribution in [3.05, 3.63) is 48.1 Å². The molecule has 1 aliphatic rings. The molecule has 0 bridgehead atoms. The Morgan fingerprint density at radius 2 is 1.86 bits per heavy atom. The van der Waals surface area contributed by atoms with Gasteiger partial charge < -0.3 is 21.7 Å². The molecule has 1 aromatic carbocycles. The van der Waals surface area contributed by atoms with Crippen LogP contribution < -0.4 is 21.7 Å². The zero-order valence-electron chi connectivity index (χ0n) is 15.8. The molecule has 8 nitrogen and oxygen atoms in total. The van der Waals surface area contributed by atoms with Crippen LogP contribution in [0.4, 0.5) is 23.1 Å². The number of para-hydroxylation sites is 2. The lowest BCUT2D eigenvalue weighted by Gasteiger charge is -2.27. The minimum absolute atomic E-state index is 0.0568. The number of primary amides is 1. The number of halogens is 1. The van der Waals surface area contributed by atoms with Crippen LogP contribution in [0, 0.1) is 5.92 Å². The van der Waals surface area contributed by atoms with Gasteiger partial charge in [0.05, 0.1) is 17.6 Å². The van der Waals surface area contributed by atoms with E-state index in [-0.39, 0.29) is 23.8 Å². The zero-order chi connectivity index (χ0) is 20.8. The molecule has 0 unspecified atom stereocenters. The predicted molar refractivity (Wildman–Crippen MR) is 114 cm³/mol. The second kappa shape index (κ2) is 9.38. The Morgan fingerprint density at radius 1 is 1.17 bits per heavy atom. The molecule has 0 saturated heterocycles. The molecule has 1 saturated carbocycles. The van der Waals surface area contributed by atoms with Crippen molar-refractivity contribution in [3.8, 4) is 0 Å². The minimum atomic E-state index is -0.318.